The average Bonchev–Trinajstić information content (AvgIpc) is 2.41. The number of halogens is 2. The summed E-state index contributed by atoms with van der Waals surface area (Å²) >= 11 is 3.27. The van der Waals surface area contributed by atoms with Crippen LogP contribution in [-0.4, -0.2) is 17.9 Å². The van der Waals surface area contributed by atoms with Gasteiger partial charge >= 0.3 is 0 Å². The second kappa shape index (κ2) is 6.13. The van der Waals surface area contributed by atoms with Gasteiger partial charge in [-0.1, -0.05) is 28.1 Å². The lowest BCUT2D eigenvalue weighted by Crippen LogP contribution is -2.29. The molecule has 2 aromatic rings. The molecule has 2 rings (SSSR count). The Bertz CT molecular complexity index is 646. The molecule has 0 radical (unpaired) electrons. The molecule has 1 amide bonds. The van der Waals surface area contributed by atoms with Gasteiger partial charge in [-0.25, -0.2) is 9.37 Å². The Hall–Kier alpha value is -1.75. The van der Waals surface area contributed by atoms with Crippen LogP contribution < -0.4 is 4.90 Å². The molecule has 1 aromatic carbocycles. The Morgan fingerprint density at radius 1 is 1.40 bits per heavy atom. The van der Waals surface area contributed by atoms with Crippen molar-refractivity contribution in [2.24, 2.45) is 0 Å². The molecule has 104 valence electrons. The highest BCUT2D eigenvalue weighted by Crippen LogP contribution is 2.21. The summed E-state index contributed by atoms with van der Waals surface area (Å²) in [5.41, 5.74) is 1.68. The van der Waals surface area contributed by atoms with Gasteiger partial charge in [0.05, 0.1) is 6.42 Å². The first-order valence-electron chi connectivity index (χ1n) is 6.11. The summed E-state index contributed by atoms with van der Waals surface area (Å²) in [6, 6.07) is 8.04. The summed E-state index contributed by atoms with van der Waals surface area (Å²) in [6.45, 7) is 1.90. The van der Waals surface area contributed by atoms with E-state index in [9.17, 15) is 9.18 Å². The van der Waals surface area contributed by atoms with Crippen LogP contribution in [0.5, 0.6) is 0 Å². The largest absolute Gasteiger partial charge is 0.299 e. The maximum atomic E-state index is 13.0. The molecule has 0 unspecified atom stereocenters. The Morgan fingerprint density at radius 2 is 2.15 bits per heavy atom. The van der Waals surface area contributed by atoms with Gasteiger partial charge in [-0.05, 0) is 36.2 Å². The number of hydrogen-bond donors (Lipinski definition) is 0. The van der Waals surface area contributed by atoms with Gasteiger partial charge in [-0.3, -0.25) is 9.69 Å². The van der Waals surface area contributed by atoms with Gasteiger partial charge in [0.1, 0.15) is 11.6 Å². The van der Waals surface area contributed by atoms with E-state index in [-0.39, 0.29) is 18.1 Å². The van der Waals surface area contributed by atoms with Crippen molar-refractivity contribution < 1.29 is 9.18 Å². The van der Waals surface area contributed by atoms with Crippen LogP contribution in [-0.2, 0) is 11.2 Å². The zero-order valence-electron chi connectivity index (χ0n) is 11.2. The first kappa shape index (κ1) is 14.7. The van der Waals surface area contributed by atoms with Crippen molar-refractivity contribution >= 4 is 27.7 Å². The van der Waals surface area contributed by atoms with Crippen molar-refractivity contribution in [3.8, 4) is 0 Å². The number of aromatic nitrogens is 1. The van der Waals surface area contributed by atoms with E-state index < -0.39 is 0 Å². The molecule has 1 heterocycles. The lowest BCUT2D eigenvalue weighted by atomic mass is 10.1. The fraction of sp³-hybridized carbons (Fsp3) is 0.200. The van der Waals surface area contributed by atoms with E-state index in [1.807, 2.05) is 19.1 Å². The van der Waals surface area contributed by atoms with E-state index in [1.165, 1.54) is 17.0 Å². The molecule has 5 heteroatoms. The molecule has 3 nitrogen and oxygen atoms in total. The first-order valence-corrected chi connectivity index (χ1v) is 6.90. The molecule has 0 fully saturated rings. The molecule has 1 aromatic heterocycles. The van der Waals surface area contributed by atoms with Crippen LogP contribution in [0.25, 0.3) is 0 Å². The fourth-order valence-electron chi connectivity index (χ4n) is 1.89. The number of hydrogen-bond acceptors (Lipinski definition) is 2. The van der Waals surface area contributed by atoms with E-state index in [4.69, 9.17) is 0 Å². The third kappa shape index (κ3) is 3.22. The second-order valence-electron chi connectivity index (χ2n) is 4.51. The van der Waals surface area contributed by atoms with Crippen molar-refractivity contribution in [1.82, 2.24) is 4.98 Å². The third-order valence-electron chi connectivity index (χ3n) is 3.03. The van der Waals surface area contributed by atoms with Crippen molar-refractivity contribution in [2.75, 3.05) is 11.9 Å². The number of nitrogens with zero attached hydrogens (tertiary/aromatic N) is 2. The fourth-order valence-corrected chi connectivity index (χ4v) is 2.38. The minimum atomic E-state index is -0.331. The van der Waals surface area contributed by atoms with E-state index in [0.717, 1.165) is 11.1 Å². The van der Waals surface area contributed by atoms with Gasteiger partial charge in [0.25, 0.3) is 0 Å². The zero-order valence-corrected chi connectivity index (χ0v) is 12.8. The number of anilines is 1. The van der Waals surface area contributed by atoms with Crippen molar-refractivity contribution in [3.63, 3.8) is 0 Å². The normalized spacial score (nSPS) is 10.4. The van der Waals surface area contributed by atoms with Crippen LogP contribution in [0, 0.1) is 12.7 Å². The molecule has 0 saturated carbocycles. The van der Waals surface area contributed by atoms with Crippen LogP contribution in [0.2, 0.25) is 0 Å². The van der Waals surface area contributed by atoms with Crippen LogP contribution >= 0.6 is 15.9 Å². The number of carbonyl (C=O) groups is 1. The van der Waals surface area contributed by atoms with Crippen molar-refractivity contribution in [3.05, 3.63) is 57.9 Å². The summed E-state index contributed by atoms with van der Waals surface area (Å²) in [4.78, 5) is 18.0. The van der Waals surface area contributed by atoms with Gasteiger partial charge in [0.15, 0.2) is 0 Å². The van der Waals surface area contributed by atoms with Gasteiger partial charge in [-0.15, -0.1) is 0 Å². The van der Waals surface area contributed by atoms with Crippen molar-refractivity contribution in [1.29, 1.82) is 0 Å². The Labute approximate surface area is 125 Å². The summed E-state index contributed by atoms with van der Waals surface area (Å²) in [7, 11) is 1.69. The minimum absolute atomic E-state index is 0.0980. The Kier molecular flexibility index (Phi) is 4.49. The number of likely N-dealkylation sites (N-methyl/N-ethyl adjacent to an activating group) is 1. The molecule has 0 saturated heterocycles. The standard InChI is InChI=1S/C15H14BrFN2O/c1-10-4-3-7-18-15(10)19(2)14(20)8-11-5-6-12(17)9-13(11)16/h3-7,9H,8H2,1-2H3. The number of carbonyl (C=O) groups excluding carboxylic acids is 1. The van der Waals surface area contributed by atoms with E-state index in [0.29, 0.717) is 10.3 Å². The number of benzene rings is 1. The molecule has 0 N–H and O–H groups in total. The molecule has 0 spiro atoms. The van der Waals surface area contributed by atoms with Crippen LogP contribution in [0.3, 0.4) is 0 Å². The molecule has 0 atom stereocenters. The average molecular weight is 337 g/mol. The maximum absolute atomic E-state index is 13.0. The Morgan fingerprint density at radius 3 is 2.80 bits per heavy atom. The molecule has 20 heavy (non-hydrogen) atoms. The molecular formula is C15H14BrFN2O. The molecule has 0 aliphatic rings. The Balaban J connectivity index is 2.18. The topological polar surface area (TPSA) is 33.2 Å². The smallest absolute Gasteiger partial charge is 0.232 e. The highest BCUT2D eigenvalue weighted by atomic mass is 79.9. The van der Waals surface area contributed by atoms with Crippen LogP contribution in [0.4, 0.5) is 10.2 Å². The highest BCUT2D eigenvalue weighted by Gasteiger charge is 2.15. The summed E-state index contributed by atoms with van der Waals surface area (Å²) in [5.74, 6) is 0.205. The van der Waals surface area contributed by atoms with Crippen molar-refractivity contribution in [2.45, 2.75) is 13.3 Å². The lowest BCUT2D eigenvalue weighted by molar-refractivity contribution is -0.117. The molecule has 0 aliphatic carbocycles. The van der Waals surface area contributed by atoms with E-state index >= 15 is 0 Å². The van der Waals surface area contributed by atoms with E-state index in [1.54, 1.807) is 19.3 Å². The monoisotopic (exact) mass is 336 g/mol. The summed E-state index contributed by atoms with van der Waals surface area (Å²) in [5, 5.41) is 0. The first-order chi connectivity index (χ1) is 9.49. The molecular weight excluding hydrogens is 323 g/mol. The lowest BCUT2D eigenvalue weighted by Gasteiger charge is -2.18. The molecule has 0 bridgehead atoms. The number of rotatable bonds is 3. The summed E-state index contributed by atoms with van der Waals surface area (Å²) < 4.78 is 13.6. The predicted octanol–water partition coefficient (Wildman–Crippen LogP) is 3.50. The van der Waals surface area contributed by atoms with Gasteiger partial charge in [0.2, 0.25) is 5.91 Å². The number of amides is 1. The predicted molar refractivity (Wildman–Crippen MR) is 80.2 cm³/mol. The van der Waals surface area contributed by atoms with Gasteiger partial charge < -0.3 is 0 Å². The second-order valence-corrected chi connectivity index (χ2v) is 5.36. The van der Waals surface area contributed by atoms with Gasteiger partial charge in [-0.2, -0.15) is 0 Å². The summed E-state index contributed by atoms with van der Waals surface area (Å²) in [6.07, 6.45) is 1.84. The minimum Gasteiger partial charge on any atom is -0.299 e. The van der Waals surface area contributed by atoms with Gasteiger partial charge in [0, 0.05) is 17.7 Å². The maximum Gasteiger partial charge on any atom is 0.232 e. The SMILES string of the molecule is Cc1cccnc1N(C)C(=O)Cc1ccc(F)cc1Br. The highest BCUT2D eigenvalue weighted by molar-refractivity contribution is 9.10. The van der Waals surface area contributed by atoms with Crippen LogP contribution in [0.1, 0.15) is 11.1 Å². The van der Waals surface area contributed by atoms with E-state index in [2.05, 4.69) is 20.9 Å². The quantitative estimate of drug-likeness (QED) is 0.859. The zero-order chi connectivity index (χ0) is 14.7. The number of aryl methyl sites for hydroxylation is 1. The molecule has 0 aliphatic heterocycles. The third-order valence-corrected chi connectivity index (χ3v) is 3.77. The van der Waals surface area contributed by atoms with Crippen LogP contribution in [0.15, 0.2) is 41.0 Å². The number of pyridine rings is 1.